The van der Waals surface area contributed by atoms with E-state index in [1.54, 1.807) is 11.8 Å². The van der Waals surface area contributed by atoms with E-state index >= 15 is 0 Å². The molecule has 0 saturated carbocycles. The van der Waals surface area contributed by atoms with E-state index in [1.165, 1.54) is 0 Å². The van der Waals surface area contributed by atoms with Gasteiger partial charge in [-0.15, -0.1) is 18.3 Å². The molecule has 1 rings (SSSR count). The van der Waals surface area contributed by atoms with Gasteiger partial charge in [-0.3, -0.25) is 0 Å². The lowest BCUT2D eigenvalue weighted by molar-refractivity contribution is 0.144. The molecule has 4 heteroatoms. The van der Waals surface area contributed by atoms with E-state index in [-0.39, 0.29) is 0 Å². The molecule has 0 radical (unpaired) electrons. The van der Waals surface area contributed by atoms with Crippen LogP contribution in [0, 0.1) is 0 Å². The molecule has 0 amide bonds. The predicted molar refractivity (Wildman–Crippen MR) is 67.7 cm³/mol. The number of aliphatic hydroxyl groups excluding tert-OH is 1. The van der Waals surface area contributed by atoms with Crippen LogP contribution in [0.4, 0.5) is 0 Å². The van der Waals surface area contributed by atoms with Gasteiger partial charge in [0.2, 0.25) is 0 Å². The third kappa shape index (κ3) is 4.70. The predicted octanol–water partition coefficient (Wildman–Crippen LogP) is 2.01. The molecule has 0 saturated heterocycles. The van der Waals surface area contributed by atoms with Crippen molar-refractivity contribution in [1.82, 2.24) is 0 Å². The van der Waals surface area contributed by atoms with Gasteiger partial charge in [-0.1, -0.05) is 18.2 Å². The molecule has 3 N–H and O–H groups in total. The molecule has 88 valence electrons. The summed E-state index contributed by atoms with van der Waals surface area (Å²) >= 11 is 1.67. The molecule has 0 aliphatic heterocycles. The smallest absolute Gasteiger partial charge is 0.132 e. The summed E-state index contributed by atoms with van der Waals surface area (Å²) in [6.07, 6.45) is 1.47. The molecule has 0 bridgehead atoms. The lowest BCUT2D eigenvalue weighted by atomic mass is 10.3. The molecule has 0 fully saturated rings. The minimum absolute atomic E-state index is 0.420. The number of benzene rings is 1. The van der Waals surface area contributed by atoms with Gasteiger partial charge in [-0.05, 0) is 12.1 Å². The zero-order valence-electron chi connectivity index (χ0n) is 9.13. The molecule has 0 heterocycles. The lowest BCUT2D eigenvalue weighted by Gasteiger charge is -2.11. The largest absolute Gasteiger partial charge is 0.492 e. The first-order valence-electron chi connectivity index (χ1n) is 5.13. The Morgan fingerprint density at radius 3 is 2.94 bits per heavy atom. The van der Waals surface area contributed by atoms with Crippen molar-refractivity contribution in [2.24, 2.45) is 5.73 Å². The average molecular weight is 239 g/mol. The van der Waals surface area contributed by atoms with Crippen LogP contribution in [-0.2, 0) is 0 Å². The Labute approximate surface area is 100 Å². The van der Waals surface area contributed by atoms with E-state index in [9.17, 15) is 0 Å². The highest BCUT2D eigenvalue weighted by Crippen LogP contribution is 2.28. The van der Waals surface area contributed by atoms with Gasteiger partial charge in [0.1, 0.15) is 12.0 Å². The highest BCUT2D eigenvalue weighted by Gasteiger charge is 2.03. The van der Waals surface area contributed by atoms with Gasteiger partial charge in [0, 0.05) is 17.1 Å². The van der Waals surface area contributed by atoms with E-state index in [0.717, 1.165) is 16.4 Å². The maximum absolute atomic E-state index is 8.92. The van der Waals surface area contributed by atoms with Crippen molar-refractivity contribution in [3.05, 3.63) is 36.9 Å². The second-order valence-corrected chi connectivity index (χ2v) is 4.31. The Balaban J connectivity index is 2.52. The molecule has 1 aromatic rings. The minimum atomic E-state index is -0.812. The first-order valence-corrected chi connectivity index (χ1v) is 6.11. The summed E-state index contributed by atoms with van der Waals surface area (Å²) in [7, 11) is 0. The number of para-hydroxylation sites is 1. The summed E-state index contributed by atoms with van der Waals surface area (Å²) in [5, 5.41) is 8.92. The normalized spacial score (nSPS) is 12.1. The quantitative estimate of drug-likeness (QED) is 0.434. The molecule has 1 unspecified atom stereocenters. The zero-order valence-corrected chi connectivity index (χ0v) is 9.95. The van der Waals surface area contributed by atoms with Crippen LogP contribution in [0.5, 0.6) is 5.75 Å². The van der Waals surface area contributed by atoms with E-state index < -0.39 is 6.23 Å². The van der Waals surface area contributed by atoms with Crippen LogP contribution in [0.15, 0.2) is 41.8 Å². The minimum Gasteiger partial charge on any atom is -0.492 e. The van der Waals surface area contributed by atoms with Crippen molar-refractivity contribution in [3.63, 3.8) is 0 Å². The number of hydrogen-bond acceptors (Lipinski definition) is 4. The number of ether oxygens (including phenoxy) is 1. The number of nitrogens with two attached hydrogens (primary N) is 1. The first kappa shape index (κ1) is 13.1. The number of thioether (sulfide) groups is 1. The van der Waals surface area contributed by atoms with Crippen LogP contribution in [0.25, 0.3) is 0 Å². The Hall–Kier alpha value is -0.970. The fraction of sp³-hybridized carbons (Fsp3) is 0.333. The van der Waals surface area contributed by atoms with Crippen molar-refractivity contribution >= 4 is 11.8 Å². The molecule has 0 spiro atoms. The Bertz CT molecular complexity index is 329. The first-order chi connectivity index (χ1) is 7.74. The fourth-order valence-corrected chi connectivity index (χ4v) is 1.87. The molecular weight excluding hydrogens is 222 g/mol. The third-order valence-corrected chi connectivity index (χ3v) is 2.93. The molecule has 1 atom stereocenters. The van der Waals surface area contributed by atoms with Gasteiger partial charge in [-0.25, -0.2) is 0 Å². The average Bonchev–Trinajstić information content (AvgIpc) is 2.27. The highest BCUT2D eigenvalue weighted by molar-refractivity contribution is 7.99. The third-order valence-electron chi connectivity index (χ3n) is 1.88. The van der Waals surface area contributed by atoms with Crippen LogP contribution in [0.2, 0.25) is 0 Å². The molecule has 1 aromatic carbocycles. The second kappa shape index (κ2) is 7.33. The van der Waals surface area contributed by atoms with Crippen LogP contribution in [0.3, 0.4) is 0 Å². The van der Waals surface area contributed by atoms with Gasteiger partial charge in [0.05, 0.1) is 6.61 Å². The molecular formula is C12H17NO2S. The maximum Gasteiger partial charge on any atom is 0.132 e. The van der Waals surface area contributed by atoms with Crippen molar-refractivity contribution in [1.29, 1.82) is 0 Å². The summed E-state index contributed by atoms with van der Waals surface area (Å²) in [6, 6.07) is 7.80. The molecule has 0 aliphatic carbocycles. The molecule has 3 nitrogen and oxygen atoms in total. The van der Waals surface area contributed by atoms with Crippen molar-refractivity contribution < 1.29 is 9.84 Å². The number of rotatable bonds is 7. The Morgan fingerprint density at radius 1 is 1.50 bits per heavy atom. The van der Waals surface area contributed by atoms with Crippen molar-refractivity contribution in [2.45, 2.75) is 17.5 Å². The Kier molecular flexibility index (Phi) is 6.00. The topological polar surface area (TPSA) is 55.5 Å². The van der Waals surface area contributed by atoms with Crippen LogP contribution >= 0.6 is 11.8 Å². The zero-order chi connectivity index (χ0) is 11.8. The van der Waals surface area contributed by atoms with Crippen molar-refractivity contribution in [3.8, 4) is 5.75 Å². The summed E-state index contributed by atoms with van der Waals surface area (Å²) in [5.74, 6) is 1.68. The van der Waals surface area contributed by atoms with E-state index in [2.05, 4.69) is 6.58 Å². The highest BCUT2D eigenvalue weighted by atomic mass is 32.2. The standard InChI is InChI=1S/C12H17NO2S/c1-2-9-16-11-6-4-3-5-10(11)15-8-7-12(13)14/h2-6,12,14H,1,7-9,13H2. The van der Waals surface area contributed by atoms with Crippen molar-refractivity contribution in [2.75, 3.05) is 12.4 Å². The summed E-state index contributed by atoms with van der Waals surface area (Å²) in [4.78, 5) is 1.08. The van der Waals surface area contributed by atoms with E-state index in [0.29, 0.717) is 13.0 Å². The summed E-state index contributed by atoms with van der Waals surface area (Å²) < 4.78 is 5.55. The lowest BCUT2D eigenvalue weighted by Crippen LogP contribution is -2.21. The van der Waals surface area contributed by atoms with Gasteiger partial charge in [0.15, 0.2) is 0 Å². The molecule has 0 aromatic heterocycles. The van der Waals surface area contributed by atoms with E-state index in [1.807, 2.05) is 30.3 Å². The van der Waals surface area contributed by atoms with Crippen LogP contribution in [0.1, 0.15) is 6.42 Å². The Morgan fingerprint density at radius 2 is 2.25 bits per heavy atom. The van der Waals surface area contributed by atoms with Gasteiger partial charge in [-0.2, -0.15) is 0 Å². The summed E-state index contributed by atoms with van der Waals surface area (Å²) in [5.41, 5.74) is 5.23. The maximum atomic E-state index is 8.92. The van der Waals surface area contributed by atoms with E-state index in [4.69, 9.17) is 15.6 Å². The van der Waals surface area contributed by atoms with Gasteiger partial charge in [0.25, 0.3) is 0 Å². The molecule has 16 heavy (non-hydrogen) atoms. The summed E-state index contributed by atoms with van der Waals surface area (Å²) in [6.45, 7) is 4.10. The van der Waals surface area contributed by atoms with Gasteiger partial charge < -0.3 is 15.6 Å². The van der Waals surface area contributed by atoms with Crippen LogP contribution in [-0.4, -0.2) is 23.7 Å². The number of aliphatic hydroxyl groups is 1. The number of hydrogen-bond donors (Lipinski definition) is 2. The monoisotopic (exact) mass is 239 g/mol. The molecule has 0 aliphatic rings. The SMILES string of the molecule is C=CCSc1ccccc1OCCC(N)O. The van der Waals surface area contributed by atoms with Crippen LogP contribution < -0.4 is 10.5 Å². The van der Waals surface area contributed by atoms with Gasteiger partial charge >= 0.3 is 0 Å². The second-order valence-electron chi connectivity index (χ2n) is 3.25. The fourth-order valence-electron chi connectivity index (χ4n) is 1.13.